The monoisotopic (exact) mass is 394 g/mol. The number of hydrogen-bond donors (Lipinski definition) is 1. The Morgan fingerprint density at radius 2 is 1.79 bits per heavy atom. The lowest BCUT2D eigenvalue weighted by Crippen LogP contribution is -2.49. The van der Waals surface area contributed by atoms with Crippen LogP contribution in [0.1, 0.15) is 55.4 Å². The van der Waals surface area contributed by atoms with E-state index < -0.39 is 6.04 Å². The van der Waals surface area contributed by atoms with Gasteiger partial charge in [0.15, 0.2) is 0 Å². The molecule has 1 N–H and O–H groups in total. The van der Waals surface area contributed by atoms with Crippen molar-refractivity contribution in [2.45, 2.75) is 66.0 Å². The molecule has 0 aliphatic heterocycles. The Morgan fingerprint density at radius 3 is 2.45 bits per heavy atom. The van der Waals surface area contributed by atoms with Gasteiger partial charge in [-0.15, -0.1) is 0 Å². The maximum absolute atomic E-state index is 13.3. The van der Waals surface area contributed by atoms with Gasteiger partial charge >= 0.3 is 0 Å². The zero-order valence-corrected chi connectivity index (χ0v) is 18.2. The molecule has 29 heavy (non-hydrogen) atoms. The van der Waals surface area contributed by atoms with E-state index in [-0.39, 0.29) is 11.8 Å². The molecule has 0 aromatic heterocycles. The molecule has 2 rings (SSSR count). The molecule has 0 aliphatic rings. The quantitative estimate of drug-likeness (QED) is 0.600. The molecule has 0 saturated heterocycles. The number of aryl methyl sites for hydroxylation is 2. The SMILES string of the molecule is CCCCNC(=O)[C@@H](CC)N(Cc1cccc(C)c1)C(=O)Cc1ccccc1C. The minimum atomic E-state index is -0.469. The van der Waals surface area contributed by atoms with E-state index in [1.165, 1.54) is 0 Å². The second-order valence-corrected chi connectivity index (χ2v) is 7.68. The van der Waals surface area contributed by atoms with E-state index in [9.17, 15) is 9.59 Å². The minimum absolute atomic E-state index is 0.0155. The van der Waals surface area contributed by atoms with Crippen molar-refractivity contribution in [3.05, 3.63) is 70.8 Å². The second-order valence-electron chi connectivity index (χ2n) is 7.68. The van der Waals surface area contributed by atoms with Crippen LogP contribution in [0.3, 0.4) is 0 Å². The first-order chi connectivity index (χ1) is 14.0. The van der Waals surface area contributed by atoms with Crippen molar-refractivity contribution in [1.82, 2.24) is 10.2 Å². The lowest BCUT2D eigenvalue weighted by Gasteiger charge is -2.31. The molecule has 2 amide bonds. The van der Waals surface area contributed by atoms with Crippen molar-refractivity contribution in [3.63, 3.8) is 0 Å². The molecule has 156 valence electrons. The minimum Gasteiger partial charge on any atom is -0.354 e. The summed E-state index contributed by atoms with van der Waals surface area (Å²) in [5.74, 6) is -0.0787. The van der Waals surface area contributed by atoms with E-state index in [4.69, 9.17) is 0 Å². The summed E-state index contributed by atoms with van der Waals surface area (Å²) in [5.41, 5.74) is 4.29. The largest absolute Gasteiger partial charge is 0.354 e. The van der Waals surface area contributed by atoms with Crippen molar-refractivity contribution >= 4 is 11.8 Å². The maximum atomic E-state index is 13.3. The zero-order chi connectivity index (χ0) is 21.2. The molecule has 0 fully saturated rings. The number of nitrogens with one attached hydrogen (secondary N) is 1. The van der Waals surface area contributed by atoms with Crippen LogP contribution in [0, 0.1) is 13.8 Å². The van der Waals surface area contributed by atoms with Crippen LogP contribution >= 0.6 is 0 Å². The smallest absolute Gasteiger partial charge is 0.242 e. The molecule has 1 atom stereocenters. The highest BCUT2D eigenvalue weighted by molar-refractivity contribution is 5.88. The molecule has 0 unspecified atom stereocenters. The molecule has 4 nitrogen and oxygen atoms in total. The van der Waals surface area contributed by atoms with E-state index >= 15 is 0 Å². The van der Waals surface area contributed by atoms with E-state index in [0.717, 1.165) is 35.1 Å². The average Bonchev–Trinajstić information content (AvgIpc) is 2.70. The van der Waals surface area contributed by atoms with Crippen LogP contribution in [0.5, 0.6) is 0 Å². The van der Waals surface area contributed by atoms with Crippen LogP contribution in [0.15, 0.2) is 48.5 Å². The normalized spacial score (nSPS) is 11.7. The molecule has 0 aliphatic carbocycles. The fourth-order valence-electron chi connectivity index (χ4n) is 3.51. The zero-order valence-electron chi connectivity index (χ0n) is 18.2. The van der Waals surface area contributed by atoms with Gasteiger partial charge in [0.2, 0.25) is 11.8 Å². The van der Waals surface area contributed by atoms with Gasteiger partial charge in [-0.2, -0.15) is 0 Å². The van der Waals surface area contributed by atoms with Crippen molar-refractivity contribution in [2.75, 3.05) is 6.54 Å². The summed E-state index contributed by atoms with van der Waals surface area (Å²) in [6, 6.07) is 15.6. The highest BCUT2D eigenvalue weighted by Gasteiger charge is 2.28. The summed E-state index contributed by atoms with van der Waals surface area (Å²) < 4.78 is 0. The standard InChI is InChI=1S/C25H34N2O2/c1-5-7-15-26-25(29)23(6-2)27(18-21-13-10-11-19(3)16-21)24(28)17-22-14-9-8-12-20(22)4/h8-14,16,23H,5-7,15,17-18H2,1-4H3,(H,26,29)/t23-/m1/s1. The number of carbonyl (C=O) groups excluding carboxylic acids is 2. The Balaban J connectivity index is 2.26. The Morgan fingerprint density at radius 1 is 1.03 bits per heavy atom. The summed E-state index contributed by atoms with van der Waals surface area (Å²) in [5, 5.41) is 3.01. The molecule has 0 saturated carbocycles. The first-order valence-electron chi connectivity index (χ1n) is 10.6. The molecule has 0 bridgehead atoms. The van der Waals surface area contributed by atoms with Crippen LogP contribution in [0.4, 0.5) is 0 Å². The van der Waals surface area contributed by atoms with Gasteiger partial charge in [-0.1, -0.05) is 74.4 Å². The van der Waals surface area contributed by atoms with Crippen molar-refractivity contribution in [1.29, 1.82) is 0 Å². The molecule has 0 radical (unpaired) electrons. The Hall–Kier alpha value is -2.62. The number of amides is 2. The summed E-state index contributed by atoms with van der Waals surface area (Å²) in [6.45, 7) is 9.20. The van der Waals surface area contributed by atoms with Gasteiger partial charge in [0.1, 0.15) is 6.04 Å². The molecule has 0 heterocycles. The number of unbranched alkanes of at least 4 members (excludes halogenated alkanes) is 1. The Bertz CT molecular complexity index is 816. The topological polar surface area (TPSA) is 49.4 Å². The summed E-state index contributed by atoms with van der Waals surface area (Å²) >= 11 is 0. The first-order valence-corrected chi connectivity index (χ1v) is 10.6. The Labute approximate surface area is 175 Å². The van der Waals surface area contributed by atoms with Gasteiger partial charge < -0.3 is 10.2 Å². The lowest BCUT2D eigenvalue weighted by molar-refractivity contribution is -0.140. The van der Waals surface area contributed by atoms with Crippen LogP contribution in [-0.2, 0) is 22.6 Å². The van der Waals surface area contributed by atoms with Crippen molar-refractivity contribution in [3.8, 4) is 0 Å². The summed E-state index contributed by atoms with van der Waals surface area (Å²) in [4.78, 5) is 28.0. The van der Waals surface area contributed by atoms with E-state index in [1.54, 1.807) is 4.90 Å². The molecule has 2 aromatic carbocycles. The van der Waals surface area contributed by atoms with Gasteiger partial charge in [-0.05, 0) is 43.4 Å². The lowest BCUT2D eigenvalue weighted by atomic mass is 10.0. The van der Waals surface area contributed by atoms with Gasteiger partial charge in [0.05, 0.1) is 6.42 Å². The van der Waals surface area contributed by atoms with Gasteiger partial charge in [0.25, 0.3) is 0 Å². The number of carbonyl (C=O) groups is 2. The number of benzene rings is 2. The number of hydrogen-bond acceptors (Lipinski definition) is 2. The van der Waals surface area contributed by atoms with Crippen LogP contribution in [0.25, 0.3) is 0 Å². The average molecular weight is 395 g/mol. The third-order valence-electron chi connectivity index (χ3n) is 5.25. The molecule has 4 heteroatoms. The van der Waals surface area contributed by atoms with Gasteiger partial charge in [-0.25, -0.2) is 0 Å². The van der Waals surface area contributed by atoms with Crippen molar-refractivity contribution in [2.24, 2.45) is 0 Å². The third kappa shape index (κ3) is 6.74. The number of rotatable bonds is 10. The summed E-state index contributed by atoms with van der Waals surface area (Å²) in [7, 11) is 0. The van der Waals surface area contributed by atoms with E-state index in [1.807, 2.05) is 63.2 Å². The predicted octanol–water partition coefficient (Wildman–Crippen LogP) is 4.57. The number of nitrogens with zero attached hydrogens (tertiary/aromatic N) is 1. The highest BCUT2D eigenvalue weighted by Crippen LogP contribution is 2.17. The third-order valence-corrected chi connectivity index (χ3v) is 5.25. The first kappa shape index (κ1) is 22.7. The van der Waals surface area contributed by atoms with Gasteiger partial charge in [-0.3, -0.25) is 9.59 Å². The summed E-state index contributed by atoms with van der Waals surface area (Å²) in [6.07, 6.45) is 2.86. The van der Waals surface area contributed by atoms with Gasteiger partial charge in [0, 0.05) is 13.1 Å². The van der Waals surface area contributed by atoms with Crippen LogP contribution in [0.2, 0.25) is 0 Å². The predicted molar refractivity (Wildman–Crippen MR) is 119 cm³/mol. The fraction of sp³-hybridized carbons (Fsp3) is 0.440. The second kappa shape index (κ2) is 11.4. The van der Waals surface area contributed by atoms with E-state index in [2.05, 4.69) is 18.3 Å². The van der Waals surface area contributed by atoms with Crippen LogP contribution in [-0.4, -0.2) is 29.3 Å². The molecular formula is C25H34N2O2. The molecule has 2 aromatic rings. The molecule has 0 spiro atoms. The fourth-order valence-corrected chi connectivity index (χ4v) is 3.51. The molecular weight excluding hydrogens is 360 g/mol. The maximum Gasteiger partial charge on any atom is 0.242 e. The Kier molecular flexibility index (Phi) is 8.91. The van der Waals surface area contributed by atoms with Crippen LogP contribution < -0.4 is 5.32 Å². The highest BCUT2D eigenvalue weighted by atomic mass is 16.2. The van der Waals surface area contributed by atoms with E-state index in [0.29, 0.717) is 25.9 Å². The van der Waals surface area contributed by atoms with Crippen molar-refractivity contribution < 1.29 is 9.59 Å².